The molecule has 1 unspecified atom stereocenters. The number of nitrogens with one attached hydrogen (secondary N) is 1. The van der Waals surface area contributed by atoms with Crippen LogP contribution in [-0.4, -0.2) is 47.7 Å². The molecule has 1 aromatic heterocycles. The standard InChI is InChI=1S/C9H12N2O3S.CH5O5P/c12-5-6-4-11(7-2-1-3-14-7)9(13)10-8(6)15;2-1(3)6-7(4)5/h4,7,12H,1-3,5H2,(H,10,13,15);1-5H. The van der Waals surface area contributed by atoms with Crippen molar-refractivity contribution in [1.29, 1.82) is 0 Å². The Hall–Kier alpha value is -0.750. The molecule has 6 N–H and O–H groups in total. The molecule has 0 aliphatic carbocycles. The molecule has 10 nitrogen and oxygen atoms in total. The molecule has 12 heteroatoms. The van der Waals surface area contributed by atoms with E-state index in [9.17, 15) is 4.79 Å². The molecule has 126 valence electrons. The maximum absolute atomic E-state index is 11.6. The number of rotatable bonds is 4. The SMILES string of the molecule is O=c1[nH]c(=S)c(CO)cn1C1CCCO1.OC(O)OP(O)O. The van der Waals surface area contributed by atoms with Crippen molar-refractivity contribution in [2.24, 2.45) is 0 Å². The van der Waals surface area contributed by atoms with Crippen molar-refractivity contribution in [3.8, 4) is 0 Å². The van der Waals surface area contributed by atoms with Gasteiger partial charge in [0, 0.05) is 18.4 Å². The topological polar surface area (TPSA) is 157 Å². The second kappa shape index (κ2) is 9.40. The highest BCUT2D eigenvalue weighted by atomic mass is 32.1. The van der Waals surface area contributed by atoms with Gasteiger partial charge in [0.15, 0.2) is 0 Å². The summed E-state index contributed by atoms with van der Waals surface area (Å²) in [6.07, 6.45) is 3.10. The summed E-state index contributed by atoms with van der Waals surface area (Å²) in [6.45, 7) is -1.61. The summed E-state index contributed by atoms with van der Waals surface area (Å²) in [5.74, 6) is 0. The normalized spacial score (nSPS) is 17.7. The third-order valence-electron chi connectivity index (χ3n) is 2.62. The lowest BCUT2D eigenvalue weighted by Crippen LogP contribution is -2.27. The molecule has 0 radical (unpaired) electrons. The van der Waals surface area contributed by atoms with E-state index in [2.05, 4.69) is 9.51 Å². The summed E-state index contributed by atoms with van der Waals surface area (Å²) in [5.41, 5.74) is 0.254. The number of hydrogen-bond donors (Lipinski definition) is 6. The van der Waals surface area contributed by atoms with E-state index in [0.29, 0.717) is 12.2 Å². The number of nitrogens with zero attached hydrogens (tertiary/aromatic N) is 1. The van der Waals surface area contributed by atoms with Gasteiger partial charge in [0.25, 0.3) is 6.48 Å². The van der Waals surface area contributed by atoms with E-state index in [4.69, 9.17) is 42.1 Å². The number of hydrogen-bond acceptors (Lipinski definition) is 9. The number of aliphatic hydroxyl groups excluding tert-OH is 2. The van der Waals surface area contributed by atoms with Crippen LogP contribution < -0.4 is 5.69 Å². The molecule has 2 rings (SSSR count). The number of ether oxygens (including phenoxy) is 1. The lowest BCUT2D eigenvalue weighted by atomic mass is 10.3. The van der Waals surface area contributed by atoms with Crippen molar-refractivity contribution < 1.29 is 34.4 Å². The molecule has 1 aromatic rings. The van der Waals surface area contributed by atoms with E-state index in [1.807, 2.05) is 0 Å². The average Bonchev–Trinajstić information content (AvgIpc) is 2.91. The fraction of sp³-hybridized carbons (Fsp3) is 0.600. The van der Waals surface area contributed by atoms with Gasteiger partial charge >= 0.3 is 14.3 Å². The van der Waals surface area contributed by atoms with Crippen LogP contribution >= 0.6 is 20.8 Å². The quantitative estimate of drug-likeness (QED) is 0.230. The van der Waals surface area contributed by atoms with Gasteiger partial charge in [-0.3, -0.25) is 14.1 Å². The minimum absolute atomic E-state index is 0.178. The molecular formula is C10H17N2O8PS. The number of aliphatic hydroxyl groups is 3. The largest absolute Gasteiger partial charge is 0.392 e. The van der Waals surface area contributed by atoms with Crippen LogP contribution in [-0.2, 0) is 15.9 Å². The predicted molar refractivity (Wildman–Crippen MR) is 76.7 cm³/mol. The molecule has 0 amide bonds. The molecular weight excluding hydrogens is 339 g/mol. The Kier molecular flexibility index (Phi) is 8.25. The molecule has 1 aliphatic heterocycles. The second-order valence-electron chi connectivity index (χ2n) is 4.13. The molecule has 0 saturated carbocycles. The molecule has 0 bridgehead atoms. The van der Waals surface area contributed by atoms with Crippen molar-refractivity contribution >= 4 is 20.8 Å². The first-order valence-corrected chi connectivity index (χ1v) is 7.70. The van der Waals surface area contributed by atoms with Gasteiger partial charge in [0.1, 0.15) is 10.9 Å². The van der Waals surface area contributed by atoms with Gasteiger partial charge in [-0.05, 0) is 12.8 Å². The molecule has 22 heavy (non-hydrogen) atoms. The van der Waals surface area contributed by atoms with Crippen LogP contribution in [0.25, 0.3) is 0 Å². The highest BCUT2D eigenvalue weighted by Gasteiger charge is 2.18. The van der Waals surface area contributed by atoms with E-state index in [0.717, 1.165) is 12.8 Å². The Morgan fingerprint density at radius 3 is 2.64 bits per heavy atom. The van der Waals surface area contributed by atoms with Gasteiger partial charge in [0.05, 0.1) is 6.61 Å². The summed E-state index contributed by atoms with van der Waals surface area (Å²) in [4.78, 5) is 29.7. The number of aromatic amines is 1. The highest BCUT2D eigenvalue weighted by Crippen LogP contribution is 2.24. The summed E-state index contributed by atoms with van der Waals surface area (Å²) in [5, 5.41) is 24.5. The van der Waals surface area contributed by atoms with Crippen molar-refractivity contribution in [1.82, 2.24) is 9.55 Å². The van der Waals surface area contributed by atoms with Crippen molar-refractivity contribution in [3.05, 3.63) is 26.9 Å². The monoisotopic (exact) mass is 356 g/mol. The Morgan fingerprint density at radius 1 is 1.55 bits per heavy atom. The summed E-state index contributed by atoms with van der Waals surface area (Å²) in [6, 6.07) is 0. The molecule has 2 heterocycles. The van der Waals surface area contributed by atoms with Gasteiger partial charge in [-0.1, -0.05) is 12.2 Å². The molecule has 0 spiro atoms. The Bertz CT molecular complexity index is 563. The highest BCUT2D eigenvalue weighted by molar-refractivity contribution is 7.71. The summed E-state index contributed by atoms with van der Waals surface area (Å²) >= 11 is 4.90. The Balaban J connectivity index is 0.000000295. The van der Waals surface area contributed by atoms with Crippen molar-refractivity contribution in [3.63, 3.8) is 0 Å². The molecule has 1 atom stereocenters. The molecule has 0 aromatic carbocycles. The zero-order valence-electron chi connectivity index (χ0n) is 11.3. The summed E-state index contributed by atoms with van der Waals surface area (Å²) < 4.78 is 10.7. The van der Waals surface area contributed by atoms with Crippen LogP contribution in [0.4, 0.5) is 0 Å². The third kappa shape index (κ3) is 6.16. The van der Waals surface area contributed by atoms with E-state index < -0.39 is 15.1 Å². The Morgan fingerprint density at radius 2 is 2.23 bits per heavy atom. The first-order valence-electron chi connectivity index (χ1n) is 6.12. The minimum atomic E-state index is -2.64. The van der Waals surface area contributed by atoms with Gasteiger partial charge in [-0.25, -0.2) is 4.79 Å². The lowest BCUT2D eigenvalue weighted by molar-refractivity contribution is -0.183. The van der Waals surface area contributed by atoms with Gasteiger partial charge in [-0.15, -0.1) is 0 Å². The van der Waals surface area contributed by atoms with Crippen LogP contribution in [0.3, 0.4) is 0 Å². The predicted octanol–water partition coefficient (Wildman–Crippen LogP) is -0.810. The molecule has 1 fully saturated rings. The van der Waals surface area contributed by atoms with Gasteiger partial charge < -0.3 is 29.8 Å². The fourth-order valence-corrected chi connectivity index (χ4v) is 2.09. The lowest BCUT2D eigenvalue weighted by Gasteiger charge is -2.13. The van der Waals surface area contributed by atoms with Crippen molar-refractivity contribution in [2.75, 3.05) is 6.61 Å². The van der Waals surface area contributed by atoms with Gasteiger partial charge in [-0.2, -0.15) is 0 Å². The van der Waals surface area contributed by atoms with E-state index in [1.54, 1.807) is 6.20 Å². The maximum atomic E-state index is 11.6. The Labute approximate surface area is 131 Å². The summed E-state index contributed by atoms with van der Waals surface area (Å²) in [7, 11) is -2.64. The van der Waals surface area contributed by atoms with Crippen LogP contribution in [0.5, 0.6) is 0 Å². The van der Waals surface area contributed by atoms with E-state index >= 15 is 0 Å². The third-order valence-corrected chi connectivity index (χ3v) is 3.36. The molecule has 1 saturated heterocycles. The average molecular weight is 356 g/mol. The van der Waals surface area contributed by atoms with Gasteiger partial charge in [0.2, 0.25) is 0 Å². The zero-order valence-corrected chi connectivity index (χ0v) is 13.0. The first kappa shape index (κ1) is 19.3. The van der Waals surface area contributed by atoms with E-state index in [1.165, 1.54) is 4.57 Å². The van der Waals surface area contributed by atoms with E-state index in [-0.39, 0.29) is 23.2 Å². The van der Waals surface area contributed by atoms with Crippen LogP contribution in [0.2, 0.25) is 0 Å². The number of aromatic nitrogens is 2. The maximum Gasteiger partial charge on any atom is 0.331 e. The zero-order chi connectivity index (χ0) is 16.7. The second-order valence-corrected chi connectivity index (χ2v) is 5.26. The minimum Gasteiger partial charge on any atom is -0.392 e. The first-order chi connectivity index (χ1) is 10.3. The molecule has 1 aliphatic rings. The van der Waals surface area contributed by atoms with Crippen LogP contribution in [0, 0.1) is 4.64 Å². The van der Waals surface area contributed by atoms with Crippen LogP contribution in [0.1, 0.15) is 24.6 Å². The van der Waals surface area contributed by atoms with Crippen LogP contribution in [0.15, 0.2) is 11.0 Å². The smallest absolute Gasteiger partial charge is 0.331 e. The number of H-pyrrole nitrogens is 1. The van der Waals surface area contributed by atoms with Crippen molar-refractivity contribution in [2.45, 2.75) is 32.2 Å². The fourth-order valence-electron chi connectivity index (χ4n) is 1.72.